The van der Waals surface area contributed by atoms with E-state index in [0.717, 1.165) is 42.4 Å². The Balaban J connectivity index is 1.16. The van der Waals surface area contributed by atoms with Crippen molar-refractivity contribution in [1.29, 1.82) is 0 Å². The molecule has 1 saturated carbocycles. The maximum Gasteiger partial charge on any atom is 0.243 e. The lowest BCUT2D eigenvalue weighted by Gasteiger charge is -2.37. The predicted octanol–water partition coefficient (Wildman–Crippen LogP) is 3.72. The molecule has 1 saturated heterocycles. The Morgan fingerprint density at radius 3 is 2.41 bits per heavy atom. The minimum absolute atomic E-state index is 0.00474. The molecule has 0 bridgehead atoms. The molecular formula is C24H28ClN5O3S. The molecule has 2 N–H and O–H groups in total. The van der Waals surface area contributed by atoms with Crippen LogP contribution < -0.4 is 5.32 Å². The van der Waals surface area contributed by atoms with Crippen molar-refractivity contribution >= 4 is 44.3 Å². The van der Waals surface area contributed by atoms with Gasteiger partial charge in [0, 0.05) is 55.6 Å². The SMILES string of the molecule is O=C(C1CCC(Nc2ncc[nH]2)CC1)N1CCN(S(=O)(=O)c2ccc3cc(Cl)ccc3c2)CC1. The number of benzene rings is 2. The second kappa shape index (κ2) is 9.56. The number of nitrogens with zero attached hydrogens (tertiary/aromatic N) is 3. The van der Waals surface area contributed by atoms with Gasteiger partial charge in [0.15, 0.2) is 5.95 Å². The highest BCUT2D eigenvalue weighted by atomic mass is 35.5. The first kappa shape index (κ1) is 23.1. The van der Waals surface area contributed by atoms with Gasteiger partial charge in [-0.15, -0.1) is 0 Å². The van der Waals surface area contributed by atoms with Gasteiger partial charge in [-0.25, -0.2) is 13.4 Å². The highest BCUT2D eigenvalue weighted by Gasteiger charge is 2.34. The minimum atomic E-state index is -3.62. The zero-order valence-corrected chi connectivity index (χ0v) is 20.4. The molecule has 0 atom stereocenters. The molecule has 2 heterocycles. The largest absolute Gasteiger partial charge is 0.353 e. The number of H-pyrrole nitrogens is 1. The van der Waals surface area contributed by atoms with E-state index in [1.807, 2.05) is 17.0 Å². The molecule has 1 aromatic heterocycles. The summed E-state index contributed by atoms with van der Waals surface area (Å²) in [6.07, 6.45) is 6.99. The highest BCUT2D eigenvalue weighted by molar-refractivity contribution is 7.89. The fourth-order valence-electron chi connectivity index (χ4n) is 4.93. The molecule has 8 nitrogen and oxygen atoms in total. The van der Waals surface area contributed by atoms with Gasteiger partial charge in [-0.2, -0.15) is 4.31 Å². The Hall–Kier alpha value is -2.62. The van der Waals surface area contributed by atoms with Crippen molar-refractivity contribution in [2.45, 2.75) is 36.6 Å². The molecule has 5 rings (SSSR count). The number of carbonyl (C=O) groups excluding carboxylic acids is 1. The summed E-state index contributed by atoms with van der Waals surface area (Å²) in [7, 11) is -3.62. The molecule has 1 aliphatic heterocycles. The van der Waals surface area contributed by atoms with Gasteiger partial charge < -0.3 is 15.2 Å². The number of fused-ring (bicyclic) bond motifs is 1. The number of amides is 1. The first-order valence-corrected chi connectivity index (χ1v) is 13.5. The second-order valence-electron chi connectivity index (χ2n) is 9.01. The van der Waals surface area contributed by atoms with Gasteiger partial charge in [-0.05, 0) is 60.7 Å². The molecule has 180 valence electrons. The molecule has 2 aromatic carbocycles. The lowest BCUT2D eigenvalue weighted by Crippen LogP contribution is -2.52. The fraction of sp³-hybridized carbons (Fsp3) is 0.417. The number of imidazole rings is 1. The summed E-state index contributed by atoms with van der Waals surface area (Å²) in [5, 5.41) is 5.73. The van der Waals surface area contributed by atoms with E-state index in [4.69, 9.17) is 11.6 Å². The zero-order valence-electron chi connectivity index (χ0n) is 18.8. The summed E-state index contributed by atoms with van der Waals surface area (Å²) in [5.41, 5.74) is 0. The third-order valence-corrected chi connectivity index (χ3v) is 9.01. The molecular weight excluding hydrogens is 474 g/mol. The van der Waals surface area contributed by atoms with Crippen LogP contribution in [0.25, 0.3) is 10.8 Å². The predicted molar refractivity (Wildman–Crippen MR) is 132 cm³/mol. The van der Waals surface area contributed by atoms with Crippen LogP contribution in [0.1, 0.15) is 25.7 Å². The smallest absolute Gasteiger partial charge is 0.243 e. The van der Waals surface area contributed by atoms with Crippen molar-refractivity contribution in [3.05, 3.63) is 53.8 Å². The number of aromatic amines is 1. The van der Waals surface area contributed by atoms with E-state index in [2.05, 4.69) is 15.3 Å². The molecule has 34 heavy (non-hydrogen) atoms. The number of sulfonamides is 1. The fourth-order valence-corrected chi connectivity index (χ4v) is 6.57. The number of hydrogen-bond donors (Lipinski definition) is 2. The van der Waals surface area contributed by atoms with E-state index in [-0.39, 0.29) is 16.7 Å². The van der Waals surface area contributed by atoms with Crippen molar-refractivity contribution in [3.8, 4) is 0 Å². The normalized spacial score (nSPS) is 22.1. The standard InChI is InChI=1S/C24H28ClN5O3S/c25-20-5-1-19-16-22(8-4-18(19)15-20)34(32,33)30-13-11-29(12-14-30)23(31)17-2-6-21(7-3-17)28-24-26-9-10-27-24/h1,4-5,8-10,15-17,21H,2-3,6-7,11-14H2,(H2,26,27,28). The van der Waals surface area contributed by atoms with E-state index in [0.29, 0.717) is 37.2 Å². The summed E-state index contributed by atoms with van der Waals surface area (Å²) in [6.45, 7) is 1.46. The molecule has 0 radical (unpaired) electrons. The Kier molecular flexibility index (Phi) is 6.50. The molecule has 2 fully saturated rings. The van der Waals surface area contributed by atoms with Gasteiger partial charge in [-0.1, -0.05) is 23.7 Å². The first-order valence-electron chi connectivity index (χ1n) is 11.6. The van der Waals surface area contributed by atoms with Crippen molar-refractivity contribution in [2.75, 3.05) is 31.5 Å². The van der Waals surface area contributed by atoms with Crippen molar-refractivity contribution in [1.82, 2.24) is 19.2 Å². The molecule has 1 amide bonds. The highest BCUT2D eigenvalue weighted by Crippen LogP contribution is 2.29. The third-order valence-electron chi connectivity index (χ3n) is 6.88. The number of nitrogens with one attached hydrogen (secondary N) is 2. The number of anilines is 1. The lowest BCUT2D eigenvalue weighted by molar-refractivity contribution is -0.137. The van der Waals surface area contributed by atoms with Gasteiger partial charge in [0.2, 0.25) is 15.9 Å². The van der Waals surface area contributed by atoms with Crippen molar-refractivity contribution < 1.29 is 13.2 Å². The van der Waals surface area contributed by atoms with Gasteiger partial charge in [0.25, 0.3) is 0 Å². The number of piperazine rings is 1. The van der Waals surface area contributed by atoms with Gasteiger partial charge in [-0.3, -0.25) is 4.79 Å². The molecule has 10 heteroatoms. The van der Waals surface area contributed by atoms with Crippen LogP contribution in [0, 0.1) is 5.92 Å². The summed E-state index contributed by atoms with van der Waals surface area (Å²) in [4.78, 5) is 22.4. The summed E-state index contributed by atoms with van der Waals surface area (Å²) in [6, 6.07) is 10.8. The summed E-state index contributed by atoms with van der Waals surface area (Å²) < 4.78 is 27.9. The Morgan fingerprint density at radius 2 is 1.71 bits per heavy atom. The van der Waals surface area contributed by atoms with Crippen molar-refractivity contribution in [2.24, 2.45) is 5.92 Å². The third kappa shape index (κ3) is 4.78. The molecule has 1 aliphatic carbocycles. The number of carbonyl (C=O) groups is 1. The van der Waals surface area contributed by atoms with Crippen LogP contribution >= 0.6 is 11.6 Å². The van der Waals surface area contributed by atoms with E-state index in [1.54, 1.807) is 36.7 Å². The average Bonchev–Trinajstić information content (AvgIpc) is 3.37. The Morgan fingerprint density at radius 1 is 1.00 bits per heavy atom. The maximum atomic E-state index is 13.2. The van der Waals surface area contributed by atoms with E-state index >= 15 is 0 Å². The van der Waals surface area contributed by atoms with E-state index < -0.39 is 10.0 Å². The van der Waals surface area contributed by atoms with Crippen LogP contribution in [0.5, 0.6) is 0 Å². The van der Waals surface area contributed by atoms with Gasteiger partial charge in [0.1, 0.15) is 0 Å². The van der Waals surface area contributed by atoms with E-state index in [1.165, 1.54) is 4.31 Å². The number of hydrogen-bond acceptors (Lipinski definition) is 5. The topological polar surface area (TPSA) is 98.4 Å². The Bertz CT molecular complexity index is 1270. The van der Waals surface area contributed by atoms with Gasteiger partial charge >= 0.3 is 0 Å². The minimum Gasteiger partial charge on any atom is -0.353 e. The first-order chi connectivity index (χ1) is 16.4. The molecule has 0 spiro atoms. The van der Waals surface area contributed by atoms with Crippen LogP contribution in [0.3, 0.4) is 0 Å². The zero-order chi connectivity index (χ0) is 23.7. The maximum absolute atomic E-state index is 13.2. The van der Waals surface area contributed by atoms with Crippen LogP contribution in [0.4, 0.5) is 5.95 Å². The van der Waals surface area contributed by atoms with Gasteiger partial charge in [0.05, 0.1) is 4.90 Å². The second-order valence-corrected chi connectivity index (χ2v) is 11.4. The quantitative estimate of drug-likeness (QED) is 0.555. The Labute approximate surface area is 204 Å². The van der Waals surface area contributed by atoms with Crippen LogP contribution in [-0.2, 0) is 14.8 Å². The molecule has 0 unspecified atom stereocenters. The number of halogens is 1. The summed E-state index contributed by atoms with van der Waals surface area (Å²) >= 11 is 6.04. The number of aromatic nitrogens is 2. The van der Waals surface area contributed by atoms with Crippen LogP contribution in [0.2, 0.25) is 5.02 Å². The molecule has 2 aliphatic rings. The van der Waals surface area contributed by atoms with Crippen molar-refractivity contribution in [3.63, 3.8) is 0 Å². The number of rotatable bonds is 5. The van der Waals surface area contributed by atoms with Crippen LogP contribution in [0.15, 0.2) is 53.7 Å². The molecule has 3 aromatic rings. The monoisotopic (exact) mass is 501 g/mol. The van der Waals surface area contributed by atoms with E-state index in [9.17, 15) is 13.2 Å². The average molecular weight is 502 g/mol. The summed E-state index contributed by atoms with van der Waals surface area (Å²) in [5.74, 6) is 0.920. The van der Waals surface area contributed by atoms with Crippen LogP contribution in [-0.4, -0.2) is 65.7 Å². The lowest BCUT2D eigenvalue weighted by atomic mass is 9.85.